The van der Waals surface area contributed by atoms with Crippen molar-refractivity contribution in [3.05, 3.63) is 29.9 Å². The summed E-state index contributed by atoms with van der Waals surface area (Å²) in [5.74, 6) is 0.353. The molecule has 2 heterocycles. The molecule has 0 atom stereocenters. The number of rotatable bonds is 2. The molecule has 0 saturated carbocycles. The van der Waals surface area contributed by atoms with Crippen LogP contribution in [0.3, 0.4) is 0 Å². The van der Waals surface area contributed by atoms with Crippen molar-refractivity contribution in [3.8, 4) is 5.82 Å². The smallest absolute Gasteiger partial charge is 0.405 e. The molecule has 2 aromatic heterocycles. The predicted octanol–water partition coefficient (Wildman–Crippen LogP) is -1.56. The molecule has 9 heteroatoms. The van der Waals surface area contributed by atoms with E-state index in [9.17, 15) is 0 Å². The maximum Gasteiger partial charge on any atom is 0.405 e. The maximum absolute atomic E-state index is 8.97. The van der Waals surface area contributed by atoms with Crippen molar-refractivity contribution in [2.45, 2.75) is 0 Å². The third-order valence-electron chi connectivity index (χ3n) is 1.90. The molecule has 16 heavy (non-hydrogen) atoms. The van der Waals surface area contributed by atoms with Crippen LogP contribution in [0.2, 0.25) is 5.15 Å². The van der Waals surface area contributed by atoms with Crippen LogP contribution < -0.4 is 5.46 Å². The van der Waals surface area contributed by atoms with Gasteiger partial charge in [0.25, 0.3) is 0 Å². The van der Waals surface area contributed by atoms with Gasteiger partial charge >= 0.3 is 6.75 Å². The van der Waals surface area contributed by atoms with Gasteiger partial charge in [-0.1, -0.05) is 17.1 Å². The van der Waals surface area contributed by atoms with Crippen LogP contribution in [0.15, 0.2) is 24.8 Å². The molecular weight excluding hydrogens is 234 g/mol. The topological polar surface area (TPSA) is 104 Å². The zero-order valence-electron chi connectivity index (χ0n) is 7.90. The van der Waals surface area contributed by atoms with Gasteiger partial charge in [0.15, 0.2) is 5.82 Å². The molecule has 84 valence electrons. The third kappa shape index (κ3) is 2.20. The highest BCUT2D eigenvalue weighted by atomic mass is 35.5. The Morgan fingerprint density at radius 1 is 1.25 bits per heavy atom. The average Bonchev–Trinajstić information content (AvgIpc) is 2.65. The van der Waals surface area contributed by atoms with Crippen LogP contribution in [0.5, 0.6) is 0 Å². The Morgan fingerprint density at radius 2 is 2.00 bits per heavy atom. The fourth-order valence-electron chi connectivity index (χ4n) is 1.11. The van der Waals surface area contributed by atoms with Gasteiger partial charge < -0.3 is 15.1 Å². The second-order valence-electron chi connectivity index (χ2n) is 3.15. The molecule has 3 N–H and O–H groups in total. The summed E-state index contributed by atoms with van der Waals surface area (Å²) in [6.45, 7) is -3.55. The minimum atomic E-state index is -3.55. The van der Waals surface area contributed by atoms with Crippen molar-refractivity contribution in [1.29, 1.82) is 0 Å². The van der Waals surface area contributed by atoms with Gasteiger partial charge in [-0.15, -0.1) is 0 Å². The van der Waals surface area contributed by atoms with Gasteiger partial charge in [0.2, 0.25) is 0 Å². The van der Waals surface area contributed by atoms with Gasteiger partial charge in [-0.05, 0) is 0 Å². The largest absolute Gasteiger partial charge is 0.556 e. The Hall–Kier alpha value is -1.48. The van der Waals surface area contributed by atoms with E-state index in [4.69, 9.17) is 26.7 Å². The summed E-state index contributed by atoms with van der Waals surface area (Å²) in [5.41, 5.74) is -0.116. The highest BCUT2D eigenvalue weighted by molar-refractivity contribution is 6.71. The minimum absolute atomic E-state index is 0.116. The van der Waals surface area contributed by atoms with Crippen LogP contribution in [-0.4, -0.2) is 41.6 Å². The molecule has 0 unspecified atom stereocenters. The zero-order chi connectivity index (χ0) is 11.8. The van der Waals surface area contributed by atoms with Crippen LogP contribution in [-0.2, 0) is 0 Å². The van der Waals surface area contributed by atoms with E-state index in [1.165, 1.54) is 23.3 Å². The SMILES string of the molecule is O[B-](O)(O)c1cnn(-c2cc(Cl)ncn2)c1. The summed E-state index contributed by atoms with van der Waals surface area (Å²) in [6, 6.07) is 1.44. The van der Waals surface area contributed by atoms with Crippen molar-refractivity contribution in [1.82, 2.24) is 19.7 Å². The molecule has 0 amide bonds. The standard InChI is InChI=1S/C7H7BClN4O3/c9-6-1-7(11-4-10-6)13-3-5(2-12-13)8(14,15)16/h1-4,14-16H/q-1. The molecule has 0 saturated heterocycles. The molecular formula is C7H7BClN4O3-. The molecule has 2 rings (SSSR count). The first-order valence-corrected chi connectivity index (χ1v) is 4.69. The van der Waals surface area contributed by atoms with E-state index < -0.39 is 6.75 Å². The Bertz CT molecular complexity index is 512. The highest BCUT2D eigenvalue weighted by Crippen LogP contribution is 2.07. The van der Waals surface area contributed by atoms with Crippen molar-refractivity contribution in [2.75, 3.05) is 0 Å². The number of halogens is 1. The summed E-state index contributed by atoms with van der Waals surface area (Å²) < 4.78 is 1.24. The van der Waals surface area contributed by atoms with E-state index in [2.05, 4.69) is 15.1 Å². The first-order chi connectivity index (χ1) is 7.47. The average molecular weight is 241 g/mol. The van der Waals surface area contributed by atoms with Gasteiger partial charge in [-0.25, -0.2) is 14.6 Å². The van der Waals surface area contributed by atoms with Crippen molar-refractivity contribution < 1.29 is 15.1 Å². The van der Waals surface area contributed by atoms with Crippen molar-refractivity contribution >= 4 is 23.8 Å². The molecule has 0 aromatic carbocycles. The quantitative estimate of drug-likeness (QED) is 0.434. The molecule has 2 aromatic rings. The molecule has 7 nitrogen and oxygen atoms in total. The Morgan fingerprint density at radius 3 is 2.56 bits per heavy atom. The van der Waals surface area contributed by atoms with E-state index in [1.54, 1.807) is 0 Å². The molecule has 0 spiro atoms. The first kappa shape index (κ1) is 11.0. The minimum Gasteiger partial charge on any atom is -0.556 e. The van der Waals surface area contributed by atoms with E-state index in [-0.39, 0.29) is 10.6 Å². The van der Waals surface area contributed by atoms with Gasteiger partial charge in [-0.2, -0.15) is 5.10 Å². The lowest BCUT2D eigenvalue weighted by Crippen LogP contribution is -2.48. The summed E-state index contributed by atoms with van der Waals surface area (Å²) in [4.78, 5) is 7.56. The van der Waals surface area contributed by atoms with Crippen LogP contribution in [0.1, 0.15) is 0 Å². The molecule has 0 radical (unpaired) electrons. The first-order valence-electron chi connectivity index (χ1n) is 4.31. The van der Waals surface area contributed by atoms with E-state index in [0.717, 1.165) is 6.20 Å². The predicted molar refractivity (Wildman–Crippen MR) is 56.2 cm³/mol. The van der Waals surface area contributed by atoms with Gasteiger partial charge in [0.05, 0.1) is 0 Å². The molecule has 0 aliphatic carbocycles. The van der Waals surface area contributed by atoms with Crippen molar-refractivity contribution in [3.63, 3.8) is 0 Å². The Labute approximate surface area is 95.0 Å². The number of aromatic nitrogens is 4. The Kier molecular flexibility index (Phi) is 2.64. The number of hydrogen-bond acceptors (Lipinski definition) is 6. The number of nitrogens with zero attached hydrogens (tertiary/aromatic N) is 4. The van der Waals surface area contributed by atoms with Crippen LogP contribution in [0, 0.1) is 0 Å². The third-order valence-corrected chi connectivity index (χ3v) is 2.11. The second-order valence-corrected chi connectivity index (χ2v) is 3.54. The van der Waals surface area contributed by atoms with Crippen LogP contribution in [0.25, 0.3) is 5.82 Å². The van der Waals surface area contributed by atoms with Crippen molar-refractivity contribution in [2.24, 2.45) is 0 Å². The fourth-order valence-corrected chi connectivity index (χ4v) is 1.25. The normalized spacial score (nSPS) is 11.8. The monoisotopic (exact) mass is 241 g/mol. The van der Waals surface area contributed by atoms with Gasteiger partial charge in [-0.3, -0.25) is 0 Å². The summed E-state index contributed by atoms with van der Waals surface area (Å²) in [5, 5.41) is 30.9. The van der Waals surface area contributed by atoms with Gasteiger partial charge in [0, 0.05) is 18.5 Å². The van der Waals surface area contributed by atoms with E-state index >= 15 is 0 Å². The molecule has 0 bridgehead atoms. The zero-order valence-corrected chi connectivity index (χ0v) is 8.65. The summed E-state index contributed by atoms with van der Waals surface area (Å²) >= 11 is 5.65. The summed E-state index contributed by atoms with van der Waals surface area (Å²) in [7, 11) is 0. The van der Waals surface area contributed by atoms with E-state index in [1.807, 2.05) is 0 Å². The summed E-state index contributed by atoms with van der Waals surface area (Å²) in [6.07, 6.45) is 3.60. The lowest BCUT2D eigenvalue weighted by Gasteiger charge is -2.17. The van der Waals surface area contributed by atoms with Gasteiger partial charge in [0.1, 0.15) is 11.5 Å². The second kappa shape index (κ2) is 3.83. The fraction of sp³-hybridized carbons (Fsp3) is 0. The lowest BCUT2D eigenvalue weighted by molar-refractivity contribution is 0.249. The lowest BCUT2D eigenvalue weighted by atomic mass is 9.73. The number of hydrogen-bond donors (Lipinski definition) is 3. The Balaban J connectivity index is 2.39. The van der Waals surface area contributed by atoms with Crippen LogP contribution >= 0.6 is 11.6 Å². The maximum atomic E-state index is 8.97. The van der Waals surface area contributed by atoms with Crippen LogP contribution in [0.4, 0.5) is 0 Å². The highest BCUT2D eigenvalue weighted by Gasteiger charge is 2.20. The molecule has 0 fully saturated rings. The molecule has 0 aliphatic heterocycles. The van der Waals surface area contributed by atoms with E-state index in [0.29, 0.717) is 5.82 Å². The molecule has 0 aliphatic rings.